The van der Waals surface area contributed by atoms with Crippen LogP contribution in [0, 0.1) is 0 Å². The van der Waals surface area contributed by atoms with Gasteiger partial charge in [0.2, 0.25) is 0 Å². The number of ether oxygens (including phenoxy) is 1. The number of thiazole rings is 1. The van der Waals surface area contributed by atoms with E-state index in [2.05, 4.69) is 20.5 Å². The summed E-state index contributed by atoms with van der Waals surface area (Å²) in [5.74, 6) is 1.24. The maximum absolute atomic E-state index is 11.7. The Balaban J connectivity index is 1.48. The molecule has 1 aromatic carbocycles. The lowest BCUT2D eigenvalue weighted by molar-refractivity contribution is 0.416. The van der Waals surface area contributed by atoms with Gasteiger partial charge in [0, 0.05) is 30.0 Å². The van der Waals surface area contributed by atoms with E-state index in [0.29, 0.717) is 11.6 Å². The zero-order valence-corrected chi connectivity index (χ0v) is 16.4. The molecule has 1 N–H and O–H groups in total. The molecule has 1 saturated heterocycles. The number of methoxy groups -OCH3 is 1. The predicted octanol–water partition coefficient (Wildman–Crippen LogP) is 3.94. The molecule has 2 aromatic heterocycles. The van der Waals surface area contributed by atoms with Crippen LogP contribution in [0.2, 0.25) is 5.02 Å². The first-order valence-corrected chi connectivity index (χ1v) is 10.00. The molecule has 27 heavy (non-hydrogen) atoms. The third-order valence-electron chi connectivity index (χ3n) is 4.87. The van der Waals surface area contributed by atoms with Crippen LogP contribution in [0.5, 0.6) is 5.75 Å². The van der Waals surface area contributed by atoms with Crippen molar-refractivity contribution in [2.45, 2.75) is 18.8 Å². The van der Waals surface area contributed by atoms with Crippen LogP contribution in [-0.4, -0.2) is 35.4 Å². The maximum Gasteiger partial charge on any atom is 0.285 e. The molecule has 0 radical (unpaired) electrons. The van der Waals surface area contributed by atoms with Crippen molar-refractivity contribution in [1.82, 2.24) is 15.2 Å². The Hall–Kier alpha value is -2.38. The largest absolute Gasteiger partial charge is 0.496 e. The van der Waals surface area contributed by atoms with Gasteiger partial charge in [-0.1, -0.05) is 23.7 Å². The first-order valence-electron chi connectivity index (χ1n) is 8.74. The highest BCUT2D eigenvalue weighted by Crippen LogP contribution is 2.36. The van der Waals surface area contributed by atoms with E-state index in [0.717, 1.165) is 47.9 Å². The average molecular weight is 403 g/mol. The normalized spacial score (nSPS) is 15.1. The summed E-state index contributed by atoms with van der Waals surface area (Å²) in [6, 6.07) is 7.93. The first-order chi connectivity index (χ1) is 13.2. The van der Waals surface area contributed by atoms with E-state index >= 15 is 0 Å². The molecule has 4 rings (SSSR count). The van der Waals surface area contributed by atoms with Crippen LogP contribution in [0.4, 0.5) is 5.69 Å². The van der Waals surface area contributed by atoms with Crippen molar-refractivity contribution in [3.05, 3.63) is 56.2 Å². The molecule has 0 spiro atoms. The molecular weight excluding hydrogens is 384 g/mol. The van der Waals surface area contributed by atoms with Crippen molar-refractivity contribution in [1.29, 1.82) is 0 Å². The van der Waals surface area contributed by atoms with Crippen LogP contribution >= 0.6 is 22.9 Å². The maximum atomic E-state index is 11.7. The van der Waals surface area contributed by atoms with Gasteiger partial charge in [-0.25, -0.2) is 10.1 Å². The lowest BCUT2D eigenvalue weighted by atomic mass is 9.97. The quantitative estimate of drug-likeness (QED) is 0.715. The smallest absolute Gasteiger partial charge is 0.285 e. The molecule has 0 atom stereocenters. The molecule has 0 bridgehead atoms. The highest BCUT2D eigenvalue weighted by Gasteiger charge is 2.25. The standard InChI is InChI=1S/C19H19ClN4O2S/c1-26-16-5-3-2-4-13(16)14-11-27-19(22-14)12-6-8-24(9-7-12)15-10-21-23-18(25)17(15)20/h2-5,10-12H,6-9H2,1H3,(H,23,25). The van der Waals surface area contributed by atoms with Crippen LogP contribution in [0.15, 0.2) is 40.6 Å². The number of hydrogen-bond donors (Lipinski definition) is 1. The zero-order valence-electron chi connectivity index (χ0n) is 14.8. The van der Waals surface area contributed by atoms with Crippen LogP contribution < -0.4 is 15.2 Å². The third kappa shape index (κ3) is 3.57. The van der Waals surface area contributed by atoms with Gasteiger partial charge in [0.05, 0.1) is 29.7 Å². The molecular formula is C19H19ClN4O2S. The van der Waals surface area contributed by atoms with Gasteiger partial charge < -0.3 is 9.64 Å². The Morgan fingerprint density at radius 1 is 1.30 bits per heavy atom. The second-order valence-corrected chi connectivity index (χ2v) is 7.70. The minimum Gasteiger partial charge on any atom is -0.496 e. The summed E-state index contributed by atoms with van der Waals surface area (Å²) in [4.78, 5) is 18.7. The molecule has 0 saturated carbocycles. The van der Waals surface area contributed by atoms with Gasteiger partial charge in [-0.2, -0.15) is 5.10 Å². The number of anilines is 1. The van der Waals surface area contributed by atoms with E-state index in [4.69, 9.17) is 21.3 Å². The number of benzene rings is 1. The van der Waals surface area contributed by atoms with Crippen molar-refractivity contribution >= 4 is 28.6 Å². The van der Waals surface area contributed by atoms with Crippen LogP contribution in [0.1, 0.15) is 23.8 Å². The van der Waals surface area contributed by atoms with Crippen molar-refractivity contribution in [3.63, 3.8) is 0 Å². The number of piperidine rings is 1. The van der Waals surface area contributed by atoms with Gasteiger partial charge in [0.15, 0.2) is 0 Å². The summed E-state index contributed by atoms with van der Waals surface area (Å²) in [6.45, 7) is 1.64. The van der Waals surface area contributed by atoms with Gasteiger partial charge >= 0.3 is 0 Å². The molecule has 1 aliphatic heterocycles. The topological polar surface area (TPSA) is 71.1 Å². The lowest BCUT2D eigenvalue weighted by Gasteiger charge is -2.32. The van der Waals surface area contributed by atoms with E-state index in [9.17, 15) is 4.79 Å². The van der Waals surface area contributed by atoms with Crippen molar-refractivity contribution in [3.8, 4) is 17.0 Å². The fourth-order valence-corrected chi connectivity index (χ4v) is 4.62. The van der Waals surface area contributed by atoms with Gasteiger partial charge in [-0.05, 0) is 25.0 Å². The summed E-state index contributed by atoms with van der Waals surface area (Å²) >= 11 is 7.83. The van der Waals surface area contributed by atoms with E-state index in [1.165, 1.54) is 0 Å². The summed E-state index contributed by atoms with van der Waals surface area (Å²) in [5, 5.41) is 9.67. The molecule has 8 heteroatoms. The average Bonchev–Trinajstić information content (AvgIpc) is 3.20. The first kappa shape index (κ1) is 18.0. The molecule has 0 unspecified atom stereocenters. The summed E-state index contributed by atoms with van der Waals surface area (Å²) in [7, 11) is 1.68. The molecule has 0 amide bonds. The highest BCUT2D eigenvalue weighted by atomic mass is 35.5. The predicted molar refractivity (Wildman–Crippen MR) is 108 cm³/mol. The van der Waals surface area contributed by atoms with Crippen LogP contribution in [0.3, 0.4) is 0 Å². The Kier molecular flexibility index (Phi) is 5.13. The fraction of sp³-hybridized carbons (Fsp3) is 0.316. The van der Waals surface area contributed by atoms with Crippen LogP contribution in [0.25, 0.3) is 11.3 Å². The Labute approximate surface area is 165 Å². The third-order valence-corrected chi connectivity index (χ3v) is 6.24. The molecule has 0 aliphatic carbocycles. The number of nitrogens with zero attached hydrogens (tertiary/aromatic N) is 3. The number of hydrogen-bond acceptors (Lipinski definition) is 6. The summed E-state index contributed by atoms with van der Waals surface area (Å²) in [6.07, 6.45) is 3.54. The lowest BCUT2D eigenvalue weighted by Crippen LogP contribution is -2.34. The highest BCUT2D eigenvalue weighted by molar-refractivity contribution is 7.10. The number of halogens is 1. The van der Waals surface area contributed by atoms with E-state index in [-0.39, 0.29) is 10.6 Å². The summed E-state index contributed by atoms with van der Waals surface area (Å²) in [5.41, 5.74) is 2.32. The number of rotatable bonds is 4. The number of aromatic amines is 1. The zero-order chi connectivity index (χ0) is 18.8. The Bertz CT molecular complexity index is 995. The van der Waals surface area contributed by atoms with E-state index < -0.39 is 0 Å². The van der Waals surface area contributed by atoms with Gasteiger partial charge in [-0.15, -0.1) is 11.3 Å². The molecule has 1 fully saturated rings. The number of H-pyrrole nitrogens is 1. The van der Waals surface area contributed by atoms with E-state index in [1.54, 1.807) is 24.6 Å². The number of aromatic nitrogens is 3. The molecule has 6 nitrogen and oxygen atoms in total. The SMILES string of the molecule is COc1ccccc1-c1csc(C2CCN(c3cn[nH]c(=O)c3Cl)CC2)n1. The van der Waals surface area contributed by atoms with Gasteiger partial charge in [-0.3, -0.25) is 4.79 Å². The second-order valence-electron chi connectivity index (χ2n) is 6.43. The van der Waals surface area contributed by atoms with Crippen molar-refractivity contribution in [2.75, 3.05) is 25.1 Å². The Morgan fingerprint density at radius 3 is 2.85 bits per heavy atom. The Morgan fingerprint density at radius 2 is 2.07 bits per heavy atom. The minimum absolute atomic E-state index is 0.205. The summed E-state index contributed by atoms with van der Waals surface area (Å²) < 4.78 is 5.45. The number of para-hydroxylation sites is 1. The molecule has 3 heterocycles. The van der Waals surface area contributed by atoms with Crippen LogP contribution in [-0.2, 0) is 0 Å². The molecule has 140 valence electrons. The monoisotopic (exact) mass is 402 g/mol. The minimum atomic E-state index is -0.349. The van der Waals surface area contributed by atoms with E-state index in [1.807, 2.05) is 24.3 Å². The van der Waals surface area contributed by atoms with Crippen molar-refractivity contribution < 1.29 is 4.74 Å². The molecule has 3 aromatic rings. The molecule has 1 aliphatic rings. The van der Waals surface area contributed by atoms with Gasteiger partial charge in [0.25, 0.3) is 5.56 Å². The fourth-order valence-electron chi connectivity index (χ4n) is 3.42. The van der Waals surface area contributed by atoms with Gasteiger partial charge in [0.1, 0.15) is 10.8 Å². The second kappa shape index (κ2) is 7.70. The van der Waals surface area contributed by atoms with Crippen molar-refractivity contribution in [2.24, 2.45) is 0 Å². The number of nitrogens with one attached hydrogen (secondary N) is 1.